The third-order valence-electron chi connectivity index (χ3n) is 5.30. The van der Waals surface area contributed by atoms with Gasteiger partial charge in [0.15, 0.2) is 0 Å². The fourth-order valence-electron chi connectivity index (χ4n) is 4.14. The van der Waals surface area contributed by atoms with Crippen LogP contribution >= 0.6 is 0 Å². The number of aliphatic hydroxyl groups is 1. The third kappa shape index (κ3) is 3.02. The molecule has 21 heavy (non-hydrogen) atoms. The van der Waals surface area contributed by atoms with E-state index in [1.54, 1.807) is 0 Å². The zero-order valence-electron chi connectivity index (χ0n) is 13.5. The molecule has 0 aliphatic carbocycles. The maximum Gasteiger partial charge on any atom is 0.110 e. The largest absolute Gasteiger partial charge is 0.396 e. The first-order chi connectivity index (χ1) is 10.2. The molecule has 4 heteroatoms. The smallest absolute Gasteiger partial charge is 0.110 e. The summed E-state index contributed by atoms with van der Waals surface area (Å²) in [4.78, 5) is 7.36. The van der Waals surface area contributed by atoms with Crippen LogP contribution in [0.2, 0.25) is 0 Å². The van der Waals surface area contributed by atoms with Crippen LogP contribution in [0.1, 0.15) is 63.4 Å². The normalized spacial score (nSPS) is 27.0. The average molecular weight is 291 g/mol. The molecule has 1 aromatic rings. The van der Waals surface area contributed by atoms with Crippen LogP contribution < -0.4 is 0 Å². The minimum absolute atomic E-state index is 0.257. The Bertz CT molecular complexity index is 469. The van der Waals surface area contributed by atoms with Gasteiger partial charge in [0.1, 0.15) is 5.82 Å². The van der Waals surface area contributed by atoms with Crippen molar-refractivity contribution >= 4 is 0 Å². The summed E-state index contributed by atoms with van der Waals surface area (Å²) in [6.45, 7) is 7.18. The van der Waals surface area contributed by atoms with Gasteiger partial charge >= 0.3 is 0 Å². The average Bonchev–Trinajstić information content (AvgIpc) is 2.91. The van der Waals surface area contributed by atoms with E-state index in [9.17, 15) is 5.11 Å². The van der Waals surface area contributed by atoms with E-state index >= 15 is 0 Å². The van der Waals surface area contributed by atoms with E-state index in [2.05, 4.69) is 23.3 Å². The first kappa shape index (κ1) is 15.0. The van der Waals surface area contributed by atoms with Crippen LogP contribution in [-0.2, 0) is 13.0 Å². The highest BCUT2D eigenvalue weighted by Crippen LogP contribution is 2.29. The van der Waals surface area contributed by atoms with E-state index in [-0.39, 0.29) is 6.61 Å². The second-order valence-corrected chi connectivity index (χ2v) is 6.96. The minimum atomic E-state index is 0.257. The van der Waals surface area contributed by atoms with Crippen LogP contribution in [0.25, 0.3) is 0 Å². The quantitative estimate of drug-likeness (QED) is 0.927. The summed E-state index contributed by atoms with van der Waals surface area (Å²) in [5.41, 5.74) is 1.26. The molecule has 0 saturated carbocycles. The molecule has 3 rings (SSSR count). The highest BCUT2D eigenvalue weighted by atomic mass is 16.3. The number of piperidine rings is 1. The monoisotopic (exact) mass is 291 g/mol. The number of hydrogen-bond acceptors (Lipinski definition) is 3. The SMILES string of the molecule is CC(C)N1CCCCC1Cc1ncc2n1CCCC2CO. The van der Waals surface area contributed by atoms with Gasteiger partial charge in [-0.05, 0) is 46.1 Å². The van der Waals surface area contributed by atoms with Crippen molar-refractivity contribution in [2.45, 2.75) is 76.9 Å². The Morgan fingerprint density at radius 1 is 1.24 bits per heavy atom. The van der Waals surface area contributed by atoms with Gasteiger partial charge in [-0.15, -0.1) is 0 Å². The number of imidazole rings is 1. The second kappa shape index (κ2) is 6.49. The Morgan fingerprint density at radius 2 is 2.10 bits per heavy atom. The molecule has 2 aliphatic rings. The maximum absolute atomic E-state index is 9.53. The lowest BCUT2D eigenvalue weighted by Gasteiger charge is -2.38. The fourth-order valence-corrected chi connectivity index (χ4v) is 4.14. The van der Waals surface area contributed by atoms with Crippen LogP contribution in [0.15, 0.2) is 6.20 Å². The number of aliphatic hydroxyl groups excluding tert-OH is 1. The number of rotatable bonds is 4. The van der Waals surface area contributed by atoms with E-state index in [0.717, 1.165) is 19.4 Å². The number of nitrogens with zero attached hydrogens (tertiary/aromatic N) is 3. The summed E-state index contributed by atoms with van der Waals surface area (Å²) in [5, 5.41) is 9.53. The maximum atomic E-state index is 9.53. The van der Waals surface area contributed by atoms with E-state index < -0.39 is 0 Å². The first-order valence-electron chi connectivity index (χ1n) is 8.61. The third-order valence-corrected chi connectivity index (χ3v) is 5.30. The van der Waals surface area contributed by atoms with Gasteiger partial charge in [0.25, 0.3) is 0 Å². The summed E-state index contributed by atoms with van der Waals surface area (Å²) in [6.07, 6.45) is 9.32. The van der Waals surface area contributed by atoms with E-state index in [0.29, 0.717) is 18.0 Å². The van der Waals surface area contributed by atoms with Gasteiger partial charge in [-0.3, -0.25) is 4.90 Å². The number of fused-ring (bicyclic) bond motifs is 1. The van der Waals surface area contributed by atoms with E-state index in [4.69, 9.17) is 4.98 Å². The molecular weight excluding hydrogens is 262 g/mol. The van der Waals surface area contributed by atoms with Crippen molar-refractivity contribution in [1.29, 1.82) is 0 Å². The number of likely N-dealkylation sites (tertiary alicyclic amines) is 1. The van der Waals surface area contributed by atoms with Crippen LogP contribution in [0.3, 0.4) is 0 Å². The van der Waals surface area contributed by atoms with Gasteiger partial charge in [-0.1, -0.05) is 6.42 Å². The van der Waals surface area contributed by atoms with Crippen molar-refractivity contribution in [2.24, 2.45) is 0 Å². The molecule has 2 atom stereocenters. The minimum Gasteiger partial charge on any atom is -0.396 e. The Morgan fingerprint density at radius 3 is 2.86 bits per heavy atom. The van der Waals surface area contributed by atoms with Crippen molar-refractivity contribution in [2.75, 3.05) is 13.2 Å². The van der Waals surface area contributed by atoms with Crippen molar-refractivity contribution in [3.8, 4) is 0 Å². The lowest BCUT2D eigenvalue weighted by atomic mass is 9.96. The summed E-state index contributed by atoms with van der Waals surface area (Å²) >= 11 is 0. The first-order valence-corrected chi connectivity index (χ1v) is 8.61. The predicted octanol–water partition coefficient (Wildman–Crippen LogP) is 2.56. The van der Waals surface area contributed by atoms with E-state index in [1.807, 2.05) is 6.20 Å². The molecule has 2 aliphatic heterocycles. The standard InChI is InChI=1S/C17H29N3O/c1-13(2)19-8-4-3-7-15(19)10-17-18-11-16-14(12-21)6-5-9-20(16)17/h11,13-15,21H,3-10,12H2,1-2H3. The van der Waals surface area contributed by atoms with Crippen LogP contribution in [0, 0.1) is 0 Å². The Kier molecular flexibility index (Phi) is 4.65. The molecule has 118 valence electrons. The fraction of sp³-hybridized carbons (Fsp3) is 0.824. The summed E-state index contributed by atoms with van der Waals surface area (Å²) in [7, 11) is 0. The zero-order chi connectivity index (χ0) is 14.8. The molecule has 2 unspecified atom stereocenters. The van der Waals surface area contributed by atoms with Crippen molar-refractivity contribution in [1.82, 2.24) is 14.5 Å². The molecule has 3 heterocycles. The molecule has 1 N–H and O–H groups in total. The Labute approximate surface area is 128 Å². The Hall–Kier alpha value is -0.870. The van der Waals surface area contributed by atoms with Crippen molar-refractivity contribution in [3.05, 3.63) is 17.7 Å². The number of hydrogen-bond donors (Lipinski definition) is 1. The molecule has 0 aromatic carbocycles. The lowest BCUT2D eigenvalue weighted by molar-refractivity contribution is 0.109. The second-order valence-electron chi connectivity index (χ2n) is 6.96. The zero-order valence-corrected chi connectivity index (χ0v) is 13.5. The van der Waals surface area contributed by atoms with Gasteiger partial charge in [0, 0.05) is 42.9 Å². The molecular formula is C17H29N3O. The Balaban J connectivity index is 1.77. The van der Waals surface area contributed by atoms with Crippen LogP contribution in [0.4, 0.5) is 0 Å². The van der Waals surface area contributed by atoms with Gasteiger partial charge in [-0.2, -0.15) is 0 Å². The molecule has 0 radical (unpaired) electrons. The molecule has 1 saturated heterocycles. The molecule has 4 nitrogen and oxygen atoms in total. The van der Waals surface area contributed by atoms with Crippen LogP contribution in [-0.4, -0.2) is 44.8 Å². The van der Waals surface area contributed by atoms with Crippen LogP contribution in [0.5, 0.6) is 0 Å². The van der Waals surface area contributed by atoms with Gasteiger partial charge in [0.05, 0.1) is 6.61 Å². The van der Waals surface area contributed by atoms with Crippen molar-refractivity contribution in [3.63, 3.8) is 0 Å². The van der Waals surface area contributed by atoms with E-state index in [1.165, 1.54) is 43.7 Å². The summed E-state index contributed by atoms with van der Waals surface area (Å²) in [6, 6.07) is 1.26. The topological polar surface area (TPSA) is 41.3 Å². The molecule has 0 bridgehead atoms. The molecule has 1 aromatic heterocycles. The molecule has 0 spiro atoms. The summed E-state index contributed by atoms with van der Waals surface area (Å²) in [5.74, 6) is 1.54. The predicted molar refractivity (Wildman–Crippen MR) is 84.5 cm³/mol. The highest BCUT2D eigenvalue weighted by Gasteiger charge is 2.28. The van der Waals surface area contributed by atoms with Gasteiger partial charge in [-0.25, -0.2) is 4.98 Å². The molecule has 1 fully saturated rings. The van der Waals surface area contributed by atoms with Crippen molar-refractivity contribution < 1.29 is 5.11 Å². The summed E-state index contributed by atoms with van der Waals surface area (Å²) < 4.78 is 2.39. The lowest BCUT2D eigenvalue weighted by Crippen LogP contribution is -2.45. The van der Waals surface area contributed by atoms with Gasteiger partial charge in [0.2, 0.25) is 0 Å². The number of aromatic nitrogens is 2. The highest BCUT2D eigenvalue weighted by molar-refractivity contribution is 5.14. The van der Waals surface area contributed by atoms with Gasteiger partial charge < -0.3 is 9.67 Å². The molecule has 0 amide bonds.